The summed E-state index contributed by atoms with van der Waals surface area (Å²) in [6, 6.07) is 18.6. The molecule has 0 radical (unpaired) electrons. The van der Waals surface area contributed by atoms with Gasteiger partial charge in [-0.15, -0.1) is 0 Å². The van der Waals surface area contributed by atoms with Crippen LogP contribution < -0.4 is 19.1 Å². The minimum Gasteiger partial charge on any atom is -0.492 e. The SMILES string of the molecule is Cc1cc(C)cc(OCCNC(=O)[C@H]2CN(S(=O)(=O)c3ccccc3)c3cc(Cl)ccc3O2)c1. The number of hydrogen-bond donors (Lipinski definition) is 1. The summed E-state index contributed by atoms with van der Waals surface area (Å²) >= 11 is 6.12. The Morgan fingerprint density at radius 2 is 1.79 bits per heavy atom. The van der Waals surface area contributed by atoms with E-state index >= 15 is 0 Å². The molecule has 0 aliphatic carbocycles. The highest BCUT2D eigenvalue weighted by molar-refractivity contribution is 7.92. The molecule has 1 aliphatic rings. The van der Waals surface area contributed by atoms with Crippen LogP contribution in [0.3, 0.4) is 0 Å². The number of carbonyl (C=O) groups excluding carboxylic acids is 1. The Bertz CT molecular complexity index is 1280. The van der Waals surface area contributed by atoms with Crippen LogP contribution in [-0.4, -0.2) is 40.1 Å². The van der Waals surface area contributed by atoms with E-state index in [1.165, 1.54) is 22.5 Å². The van der Waals surface area contributed by atoms with Crippen LogP contribution in [0.1, 0.15) is 11.1 Å². The van der Waals surface area contributed by atoms with Crippen molar-refractivity contribution in [2.45, 2.75) is 24.8 Å². The van der Waals surface area contributed by atoms with E-state index in [2.05, 4.69) is 11.4 Å². The number of nitrogens with zero attached hydrogens (tertiary/aromatic N) is 1. The second-order valence-electron chi connectivity index (χ2n) is 8.03. The lowest BCUT2D eigenvalue weighted by molar-refractivity contribution is -0.127. The molecule has 1 heterocycles. The molecule has 0 aromatic heterocycles. The third-order valence-corrected chi connectivity index (χ3v) is 7.31. The largest absolute Gasteiger partial charge is 0.492 e. The predicted molar refractivity (Wildman–Crippen MR) is 131 cm³/mol. The second-order valence-corrected chi connectivity index (χ2v) is 10.3. The number of sulfonamides is 1. The minimum absolute atomic E-state index is 0.115. The summed E-state index contributed by atoms with van der Waals surface area (Å²) in [6.45, 7) is 4.29. The van der Waals surface area contributed by atoms with Gasteiger partial charge in [-0.25, -0.2) is 8.42 Å². The molecule has 34 heavy (non-hydrogen) atoms. The minimum atomic E-state index is -3.94. The fraction of sp³-hybridized carbons (Fsp3) is 0.240. The molecule has 3 aromatic carbocycles. The van der Waals surface area contributed by atoms with E-state index in [0.717, 1.165) is 16.9 Å². The molecule has 3 aromatic rings. The lowest BCUT2D eigenvalue weighted by atomic mass is 10.1. The number of rotatable bonds is 7. The predicted octanol–water partition coefficient (Wildman–Crippen LogP) is 4.11. The fourth-order valence-electron chi connectivity index (χ4n) is 3.78. The van der Waals surface area contributed by atoms with Crippen LogP contribution in [0.5, 0.6) is 11.5 Å². The first-order chi connectivity index (χ1) is 16.2. The summed E-state index contributed by atoms with van der Waals surface area (Å²) in [7, 11) is -3.94. The van der Waals surface area contributed by atoms with Crippen molar-refractivity contribution >= 4 is 33.2 Å². The van der Waals surface area contributed by atoms with E-state index in [0.29, 0.717) is 10.7 Å². The van der Waals surface area contributed by atoms with Crippen LogP contribution in [0.2, 0.25) is 5.02 Å². The Morgan fingerprint density at radius 1 is 1.09 bits per heavy atom. The van der Waals surface area contributed by atoms with Crippen LogP contribution in [-0.2, 0) is 14.8 Å². The monoisotopic (exact) mass is 500 g/mol. The third kappa shape index (κ3) is 5.29. The maximum absolute atomic E-state index is 13.4. The van der Waals surface area contributed by atoms with Crippen molar-refractivity contribution in [2.75, 3.05) is 24.0 Å². The van der Waals surface area contributed by atoms with E-state index in [1.807, 2.05) is 26.0 Å². The number of carbonyl (C=O) groups is 1. The quantitative estimate of drug-likeness (QED) is 0.493. The van der Waals surface area contributed by atoms with Crippen molar-refractivity contribution in [1.29, 1.82) is 0 Å². The maximum Gasteiger partial charge on any atom is 0.264 e. The highest BCUT2D eigenvalue weighted by Gasteiger charge is 2.37. The van der Waals surface area contributed by atoms with E-state index in [4.69, 9.17) is 21.1 Å². The summed E-state index contributed by atoms with van der Waals surface area (Å²) in [5.74, 6) is 0.561. The molecule has 0 saturated heterocycles. The number of nitrogens with one attached hydrogen (secondary N) is 1. The molecular weight excluding hydrogens is 476 g/mol. The van der Waals surface area contributed by atoms with Crippen molar-refractivity contribution in [3.05, 3.63) is 82.9 Å². The Labute approximate surface area is 204 Å². The molecule has 1 aliphatic heterocycles. The maximum atomic E-state index is 13.4. The molecule has 1 atom stereocenters. The first-order valence-electron chi connectivity index (χ1n) is 10.8. The van der Waals surface area contributed by atoms with Gasteiger partial charge in [0.1, 0.15) is 18.1 Å². The number of aryl methyl sites for hydroxylation is 2. The lowest BCUT2D eigenvalue weighted by Crippen LogP contribution is -2.51. The molecule has 4 rings (SSSR count). The van der Waals surface area contributed by atoms with E-state index < -0.39 is 22.0 Å². The van der Waals surface area contributed by atoms with Crippen LogP contribution >= 0.6 is 11.6 Å². The summed E-state index contributed by atoms with van der Waals surface area (Å²) in [5.41, 5.74) is 2.47. The molecule has 7 nitrogen and oxygen atoms in total. The molecular formula is C25H25ClN2O5S. The summed E-state index contributed by atoms with van der Waals surface area (Å²) < 4.78 is 39.5. The van der Waals surface area contributed by atoms with Crippen molar-refractivity contribution in [3.8, 4) is 11.5 Å². The van der Waals surface area contributed by atoms with Gasteiger partial charge in [0.25, 0.3) is 15.9 Å². The topological polar surface area (TPSA) is 84.9 Å². The average molecular weight is 501 g/mol. The molecule has 0 bridgehead atoms. The van der Waals surface area contributed by atoms with Crippen molar-refractivity contribution in [3.63, 3.8) is 0 Å². The van der Waals surface area contributed by atoms with Crippen LogP contribution in [0.25, 0.3) is 0 Å². The Kier molecular flexibility index (Phi) is 7.00. The van der Waals surface area contributed by atoms with Crippen molar-refractivity contribution in [2.24, 2.45) is 0 Å². The van der Waals surface area contributed by atoms with Crippen LogP contribution in [0.4, 0.5) is 5.69 Å². The normalized spacial score (nSPS) is 15.3. The van der Waals surface area contributed by atoms with E-state index in [-0.39, 0.29) is 30.3 Å². The van der Waals surface area contributed by atoms with E-state index in [9.17, 15) is 13.2 Å². The molecule has 0 unspecified atom stereocenters. The van der Waals surface area contributed by atoms with Crippen molar-refractivity contribution < 1.29 is 22.7 Å². The zero-order valence-corrected chi connectivity index (χ0v) is 20.4. The molecule has 1 amide bonds. The highest BCUT2D eigenvalue weighted by Crippen LogP contribution is 2.38. The zero-order valence-electron chi connectivity index (χ0n) is 18.8. The summed E-state index contributed by atoms with van der Waals surface area (Å²) in [4.78, 5) is 13.0. The smallest absolute Gasteiger partial charge is 0.264 e. The fourth-order valence-corrected chi connectivity index (χ4v) is 5.44. The van der Waals surface area contributed by atoms with Gasteiger partial charge in [-0.05, 0) is 67.4 Å². The van der Waals surface area contributed by atoms with Gasteiger partial charge in [0, 0.05) is 5.02 Å². The number of halogens is 1. The number of ether oxygens (including phenoxy) is 2. The van der Waals surface area contributed by atoms with Gasteiger partial charge in [0.05, 0.1) is 23.7 Å². The summed E-state index contributed by atoms with van der Waals surface area (Å²) in [6.07, 6.45) is -1.03. The first kappa shape index (κ1) is 23.9. The Morgan fingerprint density at radius 3 is 2.50 bits per heavy atom. The molecule has 9 heteroatoms. The van der Waals surface area contributed by atoms with Crippen molar-refractivity contribution in [1.82, 2.24) is 5.32 Å². The summed E-state index contributed by atoms with van der Waals surface area (Å²) in [5, 5.41) is 3.13. The number of amides is 1. The van der Waals surface area contributed by atoms with Crippen LogP contribution in [0, 0.1) is 13.8 Å². The molecule has 0 saturated carbocycles. The Hall–Kier alpha value is -3.23. The first-order valence-corrected chi connectivity index (χ1v) is 12.6. The number of benzene rings is 3. The van der Waals surface area contributed by atoms with Gasteiger partial charge in [-0.3, -0.25) is 9.10 Å². The average Bonchev–Trinajstić information content (AvgIpc) is 2.81. The lowest BCUT2D eigenvalue weighted by Gasteiger charge is -2.34. The second kappa shape index (κ2) is 9.95. The molecule has 0 fully saturated rings. The van der Waals surface area contributed by atoms with Crippen LogP contribution in [0.15, 0.2) is 71.6 Å². The number of anilines is 1. The zero-order chi connectivity index (χ0) is 24.3. The Balaban J connectivity index is 1.47. The number of hydrogen-bond acceptors (Lipinski definition) is 5. The van der Waals surface area contributed by atoms with Gasteiger partial charge in [-0.2, -0.15) is 0 Å². The van der Waals surface area contributed by atoms with E-state index in [1.54, 1.807) is 30.3 Å². The molecule has 178 valence electrons. The number of fused-ring (bicyclic) bond motifs is 1. The van der Waals surface area contributed by atoms with Gasteiger partial charge in [0.2, 0.25) is 0 Å². The third-order valence-electron chi connectivity index (χ3n) is 5.28. The van der Waals surface area contributed by atoms with Gasteiger partial charge in [-0.1, -0.05) is 35.9 Å². The highest BCUT2D eigenvalue weighted by atomic mass is 35.5. The van der Waals surface area contributed by atoms with Gasteiger partial charge in [0.15, 0.2) is 6.10 Å². The molecule has 1 N–H and O–H groups in total. The molecule has 0 spiro atoms. The van der Waals surface area contributed by atoms with Gasteiger partial charge >= 0.3 is 0 Å². The van der Waals surface area contributed by atoms with Gasteiger partial charge < -0.3 is 14.8 Å². The standard InChI is InChI=1S/C25H25ClN2O5S/c1-17-12-18(2)14-20(13-17)32-11-10-27-25(29)24-16-28(22-15-19(26)8-9-23(22)33-24)34(30,31)21-6-4-3-5-7-21/h3-9,12-15,24H,10-11,16H2,1-2H3,(H,27,29)/t24-/m1/s1.